The average molecular weight is 631 g/mol. The Balaban J connectivity index is 1.44. The number of benzene rings is 4. The number of hydrogen-bond donors (Lipinski definition) is 3. The Bertz CT molecular complexity index is 2040. The van der Waals surface area contributed by atoms with Gasteiger partial charge in [0.05, 0.1) is 35.1 Å². The molecular formula is C32H26N10O3S. The van der Waals surface area contributed by atoms with Gasteiger partial charge in [0, 0.05) is 17.7 Å². The molecule has 0 aliphatic carbocycles. The van der Waals surface area contributed by atoms with Gasteiger partial charge in [0.25, 0.3) is 10.1 Å². The van der Waals surface area contributed by atoms with Crippen molar-refractivity contribution in [3.05, 3.63) is 139 Å². The lowest BCUT2D eigenvalue weighted by Crippen LogP contribution is -2.27. The zero-order valence-electron chi connectivity index (χ0n) is 24.0. The second kappa shape index (κ2) is 13.6. The van der Waals surface area contributed by atoms with Crippen molar-refractivity contribution >= 4 is 56.7 Å². The predicted octanol–water partition coefficient (Wildman–Crippen LogP) is 5.80. The first kappa shape index (κ1) is 29.8. The van der Waals surface area contributed by atoms with Gasteiger partial charge in [0.2, 0.25) is 0 Å². The lowest BCUT2D eigenvalue weighted by Gasteiger charge is -2.27. The van der Waals surface area contributed by atoms with E-state index in [0.29, 0.717) is 22.8 Å². The van der Waals surface area contributed by atoms with Gasteiger partial charge < -0.3 is 0 Å². The minimum atomic E-state index is -4.77. The molecule has 6 aromatic rings. The fourth-order valence-corrected chi connectivity index (χ4v) is 5.47. The maximum atomic E-state index is 13.0. The van der Waals surface area contributed by atoms with E-state index in [4.69, 9.17) is 0 Å². The van der Waals surface area contributed by atoms with Crippen LogP contribution in [0.4, 0.5) is 34.4 Å². The molecule has 0 saturated carbocycles. The summed E-state index contributed by atoms with van der Waals surface area (Å²) in [4.78, 5) is -0.343. The molecule has 0 bridgehead atoms. The van der Waals surface area contributed by atoms with Crippen LogP contribution in [0.3, 0.4) is 0 Å². The van der Waals surface area contributed by atoms with Crippen LogP contribution >= 0.6 is 0 Å². The highest BCUT2D eigenvalue weighted by molar-refractivity contribution is 7.86. The van der Waals surface area contributed by atoms with Crippen LogP contribution in [0.5, 0.6) is 0 Å². The Hall–Kier alpha value is -6.25. The van der Waals surface area contributed by atoms with Crippen molar-refractivity contribution in [3.63, 3.8) is 0 Å². The number of hydrogen-bond acceptors (Lipinski definition) is 12. The van der Waals surface area contributed by atoms with Gasteiger partial charge in [-0.05, 0) is 52.4 Å². The van der Waals surface area contributed by atoms with Gasteiger partial charge in [0.1, 0.15) is 4.90 Å². The summed E-state index contributed by atoms with van der Waals surface area (Å²) in [5, 5.41) is 26.5. The van der Waals surface area contributed by atoms with Crippen LogP contribution in [0, 0.1) is 0 Å². The Morgan fingerprint density at radius 2 is 1.04 bits per heavy atom. The zero-order valence-corrected chi connectivity index (χ0v) is 24.8. The summed E-state index contributed by atoms with van der Waals surface area (Å²) in [6.07, 6.45) is 6.33. The highest BCUT2D eigenvalue weighted by Gasteiger charge is 2.25. The summed E-state index contributed by atoms with van der Waals surface area (Å²) in [6, 6.07) is 34.2. The lowest BCUT2D eigenvalue weighted by atomic mass is 10.1. The Kier molecular flexibility index (Phi) is 8.80. The quantitative estimate of drug-likeness (QED) is 0.0895. The lowest BCUT2D eigenvalue weighted by molar-refractivity contribution is 0.483. The number of anilines is 6. The minimum absolute atomic E-state index is 0.113. The fraction of sp³-hybridized carbons (Fsp3) is 0. The summed E-state index contributed by atoms with van der Waals surface area (Å²) >= 11 is 0. The third-order valence-electron chi connectivity index (χ3n) is 6.61. The third kappa shape index (κ3) is 6.93. The molecular weight excluding hydrogens is 604 g/mol. The van der Waals surface area contributed by atoms with Crippen LogP contribution in [0.2, 0.25) is 0 Å². The highest BCUT2D eigenvalue weighted by atomic mass is 32.2. The Labute approximate surface area is 264 Å². The van der Waals surface area contributed by atoms with Gasteiger partial charge in [-0.1, -0.05) is 78.9 Å². The van der Waals surface area contributed by atoms with Gasteiger partial charge in [-0.2, -0.15) is 8.42 Å². The summed E-state index contributed by atoms with van der Waals surface area (Å²) in [7, 11) is -4.77. The van der Waals surface area contributed by atoms with Gasteiger partial charge in [-0.25, -0.2) is 10.0 Å². The van der Waals surface area contributed by atoms with Crippen LogP contribution in [0.1, 0.15) is 11.1 Å². The van der Waals surface area contributed by atoms with E-state index >= 15 is 0 Å². The van der Waals surface area contributed by atoms with E-state index in [9.17, 15) is 13.0 Å². The molecule has 0 radical (unpaired) electrons. The largest absolute Gasteiger partial charge is 0.297 e. The molecule has 0 saturated heterocycles. The van der Waals surface area contributed by atoms with Crippen molar-refractivity contribution in [2.45, 2.75) is 4.90 Å². The molecule has 46 heavy (non-hydrogen) atoms. The first-order chi connectivity index (χ1) is 22.5. The van der Waals surface area contributed by atoms with Crippen LogP contribution in [-0.4, -0.2) is 43.8 Å². The number of nitrogens with zero attached hydrogens (tertiary/aromatic N) is 8. The fourth-order valence-electron chi connectivity index (χ4n) is 4.62. The third-order valence-corrected chi connectivity index (χ3v) is 7.57. The molecule has 4 aromatic carbocycles. The predicted molar refractivity (Wildman–Crippen MR) is 176 cm³/mol. The summed E-state index contributed by atoms with van der Waals surface area (Å²) in [6.45, 7) is 0. The van der Waals surface area contributed by atoms with E-state index in [1.807, 2.05) is 72.8 Å². The number of hydrazine groups is 2. The van der Waals surface area contributed by atoms with Gasteiger partial charge >= 0.3 is 0 Å². The normalized spacial score (nSPS) is 11.2. The first-order valence-corrected chi connectivity index (χ1v) is 15.3. The number of para-hydroxylation sites is 3. The molecule has 14 heteroatoms. The molecule has 6 rings (SSSR count). The van der Waals surface area contributed by atoms with E-state index in [2.05, 4.69) is 41.7 Å². The van der Waals surface area contributed by atoms with Gasteiger partial charge in [-0.15, -0.1) is 20.4 Å². The Morgan fingerprint density at radius 1 is 0.565 bits per heavy atom. The molecule has 0 aliphatic rings. The van der Waals surface area contributed by atoms with E-state index in [1.165, 1.54) is 17.4 Å². The number of aromatic nitrogens is 6. The van der Waals surface area contributed by atoms with Crippen molar-refractivity contribution in [2.75, 3.05) is 20.9 Å². The number of nitrogens with one attached hydrogen (secondary N) is 2. The molecule has 0 amide bonds. The van der Waals surface area contributed by atoms with Crippen molar-refractivity contribution < 1.29 is 13.0 Å². The molecule has 0 unspecified atom stereocenters. The molecule has 228 valence electrons. The Morgan fingerprint density at radius 3 is 1.59 bits per heavy atom. The molecule has 13 nitrogen and oxygen atoms in total. The second-order valence-electron chi connectivity index (χ2n) is 9.65. The summed E-state index contributed by atoms with van der Waals surface area (Å²) in [5.41, 5.74) is 9.68. The SMILES string of the molecule is O=S(=O)(O)c1c(/C=C/c2ccccc2N(Nc2ccccc2)c2ccnnn2)cccc1N(Nc1ccccc1)c1ccnnn1. The molecule has 2 heterocycles. The van der Waals surface area contributed by atoms with Crippen molar-refractivity contribution in [1.29, 1.82) is 0 Å². The smallest absolute Gasteiger partial charge is 0.292 e. The van der Waals surface area contributed by atoms with E-state index in [-0.39, 0.29) is 22.0 Å². The molecule has 0 fully saturated rings. The maximum Gasteiger partial charge on any atom is 0.297 e. The van der Waals surface area contributed by atoms with E-state index in [0.717, 1.165) is 5.69 Å². The monoisotopic (exact) mass is 630 g/mol. The topological polar surface area (TPSA) is 162 Å². The van der Waals surface area contributed by atoms with Crippen LogP contribution in [0.15, 0.2) is 133 Å². The van der Waals surface area contributed by atoms with Crippen molar-refractivity contribution in [1.82, 2.24) is 30.8 Å². The van der Waals surface area contributed by atoms with E-state index in [1.54, 1.807) is 59.6 Å². The second-order valence-corrected chi connectivity index (χ2v) is 11.0. The zero-order chi connectivity index (χ0) is 31.8. The van der Waals surface area contributed by atoms with Crippen molar-refractivity contribution in [2.24, 2.45) is 0 Å². The van der Waals surface area contributed by atoms with E-state index < -0.39 is 10.1 Å². The maximum absolute atomic E-state index is 13.0. The van der Waals surface area contributed by atoms with Crippen molar-refractivity contribution in [3.8, 4) is 0 Å². The van der Waals surface area contributed by atoms with Crippen LogP contribution in [-0.2, 0) is 10.1 Å². The van der Waals surface area contributed by atoms with Gasteiger partial charge in [0.15, 0.2) is 11.6 Å². The first-order valence-electron chi connectivity index (χ1n) is 13.9. The average Bonchev–Trinajstić information content (AvgIpc) is 3.10. The van der Waals surface area contributed by atoms with Gasteiger partial charge in [-0.3, -0.25) is 15.4 Å². The molecule has 0 aliphatic heterocycles. The minimum Gasteiger partial charge on any atom is -0.292 e. The molecule has 0 atom stereocenters. The number of rotatable bonds is 11. The molecule has 2 aromatic heterocycles. The molecule has 0 spiro atoms. The summed E-state index contributed by atoms with van der Waals surface area (Å²) < 4.78 is 36.6. The standard InChI is InChI=1S/C32H26N10O3S/c43-46(44,45)32-25(11-9-17-29(32)42(31-21-23-34-40-36-31)38-27-14-5-2-6-15-27)19-18-24-10-7-8-16-28(24)41(30-20-22-33-39-35-30)37-26-12-3-1-4-13-26/h1-23,37-38H,(H,43,44,45)/b19-18+. The summed E-state index contributed by atoms with van der Waals surface area (Å²) in [5.74, 6) is 0.720. The highest BCUT2D eigenvalue weighted by Crippen LogP contribution is 2.35. The van der Waals surface area contributed by atoms with Crippen LogP contribution in [0.25, 0.3) is 12.2 Å². The van der Waals surface area contributed by atoms with Crippen LogP contribution < -0.4 is 20.9 Å². The molecule has 3 N–H and O–H groups in total.